The van der Waals surface area contributed by atoms with Crippen LogP contribution in [0.2, 0.25) is 0 Å². The minimum Gasteiger partial charge on any atom is -0.469 e. The van der Waals surface area contributed by atoms with Crippen LogP contribution < -0.4 is 5.32 Å². The van der Waals surface area contributed by atoms with Gasteiger partial charge in [-0.2, -0.15) is 11.8 Å². The molecule has 0 aliphatic heterocycles. The number of hydrogen-bond acceptors (Lipinski definition) is 5. The summed E-state index contributed by atoms with van der Waals surface area (Å²) in [5, 5.41) is 4.90. The molecule has 1 aromatic heterocycles. The number of carbonyl (C=O) groups excluding carboxylic acids is 2. The van der Waals surface area contributed by atoms with Gasteiger partial charge in [-0.3, -0.25) is 9.59 Å². The molecule has 20 heavy (non-hydrogen) atoms. The monoisotopic (exact) mass is 313 g/mol. The average Bonchev–Trinajstić information content (AvgIpc) is 3.00. The van der Waals surface area contributed by atoms with Crippen LogP contribution in [0.3, 0.4) is 0 Å². The number of carbonyl (C=O) groups is 2. The fraction of sp³-hybridized carbons (Fsp3) is 0.571. The van der Waals surface area contributed by atoms with Gasteiger partial charge in [0.25, 0.3) is 0 Å². The largest absolute Gasteiger partial charge is 0.469 e. The van der Waals surface area contributed by atoms with Crippen molar-refractivity contribution in [2.75, 3.05) is 18.6 Å². The summed E-state index contributed by atoms with van der Waals surface area (Å²) in [6.07, 6.45) is 2.60. The summed E-state index contributed by atoms with van der Waals surface area (Å²) >= 11 is 3.24. The van der Waals surface area contributed by atoms with E-state index in [9.17, 15) is 9.59 Å². The molecule has 1 heterocycles. The average molecular weight is 313 g/mol. The molecule has 1 aliphatic rings. The molecule has 1 fully saturated rings. The number of ether oxygens (including phenoxy) is 1. The van der Waals surface area contributed by atoms with Crippen molar-refractivity contribution in [3.05, 3.63) is 22.4 Å². The number of thioether (sulfide) groups is 1. The maximum Gasteiger partial charge on any atom is 0.306 e. The molecule has 110 valence electrons. The first kappa shape index (κ1) is 15.4. The van der Waals surface area contributed by atoms with Crippen LogP contribution in [-0.2, 0) is 20.9 Å². The molecule has 4 nitrogen and oxygen atoms in total. The molecule has 2 rings (SSSR count). The maximum atomic E-state index is 11.7. The minimum atomic E-state index is -0.148. The number of esters is 1. The summed E-state index contributed by atoms with van der Waals surface area (Å²) in [5.74, 6) is 1.21. The summed E-state index contributed by atoms with van der Waals surface area (Å²) in [4.78, 5) is 24.2. The van der Waals surface area contributed by atoms with Crippen LogP contribution in [-0.4, -0.2) is 30.5 Å². The van der Waals surface area contributed by atoms with Crippen molar-refractivity contribution in [1.82, 2.24) is 5.32 Å². The third kappa shape index (κ3) is 4.83. The van der Waals surface area contributed by atoms with E-state index in [0.717, 1.165) is 23.5 Å². The molecule has 0 bridgehead atoms. The predicted octanol–water partition coefficient (Wildman–Crippen LogP) is 2.44. The number of methoxy groups -OCH3 is 1. The van der Waals surface area contributed by atoms with Crippen molar-refractivity contribution < 1.29 is 14.3 Å². The molecule has 1 aromatic rings. The summed E-state index contributed by atoms with van der Waals surface area (Å²) in [6, 6.07) is 3.98. The van der Waals surface area contributed by atoms with E-state index in [-0.39, 0.29) is 17.3 Å². The zero-order chi connectivity index (χ0) is 14.4. The zero-order valence-electron chi connectivity index (χ0n) is 11.5. The van der Waals surface area contributed by atoms with Crippen LogP contribution in [0, 0.1) is 5.41 Å². The van der Waals surface area contributed by atoms with Crippen molar-refractivity contribution in [3.8, 4) is 0 Å². The molecular formula is C14H19NO3S2. The van der Waals surface area contributed by atoms with Gasteiger partial charge in [-0.05, 0) is 35.5 Å². The van der Waals surface area contributed by atoms with Gasteiger partial charge >= 0.3 is 5.97 Å². The predicted molar refractivity (Wildman–Crippen MR) is 81.8 cm³/mol. The van der Waals surface area contributed by atoms with Crippen molar-refractivity contribution in [2.24, 2.45) is 5.41 Å². The highest BCUT2D eigenvalue weighted by Gasteiger charge is 2.44. The molecule has 1 aliphatic carbocycles. The molecular weight excluding hydrogens is 294 g/mol. The molecule has 1 N–H and O–H groups in total. The minimum absolute atomic E-state index is 0.0530. The Kier molecular flexibility index (Phi) is 5.48. The summed E-state index contributed by atoms with van der Waals surface area (Å²) in [7, 11) is 1.42. The number of rotatable bonds is 8. The van der Waals surface area contributed by atoms with E-state index in [1.807, 2.05) is 17.5 Å². The second-order valence-corrected chi connectivity index (χ2v) is 7.12. The molecule has 0 spiro atoms. The van der Waals surface area contributed by atoms with Crippen molar-refractivity contribution >= 4 is 35.0 Å². The second kappa shape index (κ2) is 7.13. The topological polar surface area (TPSA) is 55.4 Å². The molecule has 1 saturated carbocycles. The summed E-state index contributed by atoms with van der Waals surface area (Å²) < 4.78 is 4.71. The first-order valence-corrected chi connectivity index (χ1v) is 8.61. The van der Waals surface area contributed by atoms with E-state index in [4.69, 9.17) is 4.74 Å². The van der Waals surface area contributed by atoms with Crippen LogP contribution in [0.25, 0.3) is 0 Å². The SMILES string of the molecule is COC(=O)CC1(CSCC(=O)NCc2cccs2)CC1. The summed E-state index contributed by atoms with van der Waals surface area (Å²) in [5.41, 5.74) is 0.0891. The van der Waals surface area contributed by atoms with Crippen LogP contribution >= 0.6 is 23.1 Å². The molecule has 1 amide bonds. The van der Waals surface area contributed by atoms with E-state index >= 15 is 0 Å². The van der Waals surface area contributed by atoms with Crippen molar-refractivity contribution in [3.63, 3.8) is 0 Å². The standard InChI is InChI=1S/C14H19NO3S2/c1-18-13(17)7-14(4-5-14)10-19-9-12(16)15-8-11-3-2-6-20-11/h2-3,6H,4-5,7-10H2,1H3,(H,15,16). The Labute approximate surface area is 127 Å². The third-order valence-corrected chi connectivity index (χ3v) is 5.54. The number of nitrogens with one attached hydrogen (secondary N) is 1. The molecule has 0 saturated heterocycles. The molecule has 0 radical (unpaired) electrons. The van der Waals surface area contributed by atoms with Crippen molar-refractivity contribution in [2.45, 2.75) is 25.8 Å². The van der Waals surface area contributed by atoms with Gasteiger partial charge in [0.05, 0.1) is 25.8 Å². The third-order valence-electron chi connectivity index (χ3n) is 3.39. The number of hydrogen-bond donors (Lipinski definition) is 1. The van der Waals surface area contributed by atoms with E-state index in [0.29, 0.717) is 18.7 Å². The highest BCUT2D eigenvalue weighted by Crippen LogP contribution is 2.51. The lowest BCUT2D eigenvalue weighted by molar-refractivity contribution is -0.141. The number of thiophene rings is 1. The molecule has 0 unspecified atom stereocenters. The Hall–Kier alpha value is -1.01. The van der Waals surface area contributed by atoms with E-state index < -0.39 is 0 Å². The normalized spacial score (nSPS) is 15.7. The maximum absolute atomic E-state index is 11.7. The van der Waals surface area contributed by atoms with Crippen molar-refractivity contribution in [1.29, 1.82) is 0 Å². The van der Waals surface area contributed by atoms with Gasteiger partial charge in [-0.15, -0.1) is 11.3 Å². The van der Waals surface area contributed by atoms with E-state index in [1.54, 1.807) is 23.1 Å². The van der Waals surface area contributed by atoms with Gasteiger partial charge in [-0.25, -0.2) is 0 Å². The second-order valence-electron chi connectivity index (χ2n) is 5.10. The number of amides is 1. The van der Waals surface area contributed by atoms with Crippen LogP contribution in [0.4, 0.5) is 0 Å². The molecule has 0 aromatic carbocycles. The first-order valence-electron chi connectivity index (χ1n) is 6.57. The Balaban J connectivity index is 1.61. The van der Waals surface area contributed by atoms with Gasteiger partial charge < -0.3 is 10.1 Å². The molecule has 6 heteroatoms. The Bertz CT molecular complexity index is 455. The fourth-order valence-electron chi connectivity index (χ4n) is 1.94. The fourth-order valence-corrected chi connectivity index (χ4v) is 3.80. The Morgan fingerprint density at radius 2 is 2.30 bits per heavy atom. The quantitative estimate of drug-likeness (QED) is 0.749. The highest BCUT2D eigenvalue weighted by molar-refractivity contribution is 7.99. The van der Waals surface area contributed by atoms with Gasteiger partial charge in [-0.1, -0.05) is 6.07 Å². The van der Waals surface area contributed by atoms with Crippen LogP contribution in [0.1, 0.15) is 24.1 Å². The lowest BCUT2D eigenvalue weighted by atomic mass is 10.1. The first-order chi connectivity index (χ1) is 9.63. The van der Waals surface area contributed by atoms with Gasteiger partial charge in [0.15, 0.2) is 0 Å². The van der Waals surface area contributed by atoms with Gasteiger partial charge in [0.1, 0.15) is 0 Å². The van der Waals surface area contributed by atoms with Gasteiger partial charge in [0.2, 0.25) is 5.91 Å². The van der Waals surface area contributed by atoms with E-state index in [1.165, 1.54) is 7.11 Å². The van der Waals surface area contributed by atoms with Gasteiger partial charge in [0, 0.05) is 4.88 Å². The van der Waals surface area contributed by atoms with E-state index in [2.05, 4.69) is 5.32 Å². The highest BCUT2D eigenvalue weighted by atomic mass is 32.2. The lowest BCUT2D eigenvalue weighted by Gasteiger charge is -2.12. The molecule has 0 atom stereocenters. The van der Waals surface area contributed by atoms with Crippen LogP contribution in [0.15, 0.2) is 17.5 Å². The Morgan fingerprint density at radius 1 is 1.50 bits per heavy atom. The zero-order valence-corrected chi connectivity index (χ0v) is 13.1. The lowest BCUT2D eigenvalue weighted by Crippen LogP contribution is -2.25. The smallest absolute Gasteiger partial charge is 0.306 e. The van der Waals surface area contributed by atoms with Crippen LogP contribution in [0.5, 0.6) is 0 Å². The summed E-state index contributed by atoms with van der Waals surface area (Å²) in [6.45, 7) is 0.602. The Morgan fingerprint density at radius 3 is 2.90 bits per heavy atom.